The molecule has 1 nitrogen and oxygen atoms in total. The smallest absolute Gasteiger partial charge is 0.251 e. The fourth-order valence-corrected chi connectivity index (χ4v) is 3.41. The zero-order valence-corrected chi connectivity index (χ0v) is 11.0. The van der Waals surface area contributed by atoms with E-state index in [0.717, 1.165) is 24.0 Å². The van der Waals surface area contributed by atoms with Gasteiger partial charge in [0.15, 0.2) is 0 Å². The molecular weight excluding hydrogens is 288 g/mol. The molecule has 1 aliphatic carbocycles. The van der Waals surface area contributed by atoms with Crippen LogP contribution < -0.4 is 0 Å². The molecule has 0 unspecified atom stereocenters. The minimum absolute atomic E-state index is 0.0746. The molecule has 17 heavy (non-hydrogen) atoms. The zero-order valence-electron chi connectivity index (χ0n) is 9.37. The summed E-state index contributed by atoms with van der Waals surface area (Å²) in [6.07, 6.45) is -1.05. The van der Waals surface area contributed by atoms with Crippen LogP contribution in [0.3, 0.4) is 0 Å². The van der Waals surface area contributed by atoms with Gasteiger partial charge in [0.2, 0.25) is 0 Å². The molecule has 0 bridgehead atoms. The van der Waals surface area contributed by atoms with Gasteiger partial charge in [0.1, 0.15) is 0 Å². The van der Waals surface area contributed by atoms with Crippen LogP contribution in [0.4, 0.5) is 8.78 Å². The van der Waals surface area contributed by atoms with Gasteiger partial charge in [-0.15, -0.1) is 0 Å². The van der Waals surface area contributed by atoms with Crippen LogP contribution >= 0.6 is 15.9 Å². The largest absolute Gasteiger partial charge is 0.297 e. The molecule has 2 atom stereocenters. The maximum absolute atomic E-state index is 12.4. The molecule has 1 heterocycles. The molecular formula is C13H14BrF2N. The highest BCUT2D eigenvalue weighted by Crippen LogP contribution is 2.59. The van der Waals surface area contributed by atoms with E-state index in [1.54, 1.807) is 0 Å². The van der Waals surface area contributed by atoms with Crippen LogP contribution in [0, 0.1) is 5.92 Å². The maximum atomic E-state index is 12.4. The van der Waals surface area contributed by atoms with Crippen LogP contribution in [-0.2, 0) is 5.41 Å². The number of nitrogens with zero attached hydrogens (tertiary/aromatic N) is 1. The van der Waals surface area contributed by atoms with Gasteiger partial charge in [0.25, 0.3) is 6.43 Å². The summed E-state index contributed by atoms with van der Waals surface area (Å²) in [6.45, 7) is 1.55. The van der Waals surface area contributed by atoms with E-state index in [-0.39, 0.29) is 12.0 Å². The Bertz CT molecular complexity index is 420. The summed E-state index contributed by atoms with van der Waals surface area (Å²) in [6, 6.07) is 8.32. The molecule has 1 saturated heterocycles. The molecule has 1 aromatic rings. The monoisotopic (exact) mass is 301 g/mol. The van der Waals surface area contributed by atoms with Gasteiger partial charge in [-0.25, -0.2) is 8.78 Å². The second-order valence-electron chi connectivity index (χ2n) is 5.15. The Morgan fingerprint density at radius 1 is 1.35 bits per heavy atom. The van der Waals surface area contributed by atoms with Crippen molar-refractivity contribution in [3.8, 4) is 0 Å². The predicted molar refractivity (Wildman–Crippen MR) is 66.4 cm³/mol. The van der Waals surface area contributed by atoms with Gasteiger partial charge in [-0.1, -0.05) is 28.1 Å². The first-order valence-electron chi connectivity index (χ1n) is 5.87. The lowest BCUT2D eigenvalue weighted by Gasteiger charge is -2.20. The number of fused-ring (bicyclic) bond motifs is 1. The van der Waals surface area contributed by atoms with E-state index in [2.05, 4.69) is 28.1 Å². The van der Waals surface area contributed by atoms with Gasteiger partial charge in [0.05, 0.1) is 6.54 Å². The third kappa shape index (κ3) is 2.02. The van der Waals surface area contributed by atoms with Crippen molar-refractivity contribution in [1.29, 1.82) is 0 Å². The summed E-state index contributed by atoms with van der Waals surface area (Å²) in [4.78, 5) is 1.90. The lowest BCUT2D eigenvalue weighted by Crippen LogP contribution is -2.30. The molecule has 2 fully saturated rings. The predicted octanol–water partition coefficient (Wildman–Crippen LogP) is 3.29. The van der Waals surface area contributed by atoms with E-state index in [9.17, 15) is 8.78 Å². The third-order valence-electron chi connectivity index (χ3n) is 4.03. The summed E-state index contributed by atoms with van der Waals surface area (Å²) >= 11 is 3.42. The Labute approximate surface area is 108 Å². The summed E-state index contributed by atoms with van der Waals surface area (Å²) in [5.41, 5.74) is 1.48. The SMILES string of the molecule is FC(F)CN1C[C@H]2C[C@@]2(c2ccc(Br)cc2)C1. The molecule has 1 aromatic carbocycles. The number of likely N-dealkylation sites (tertiary alicyclic amines) is 1. The van der Waals surface area contributed by atoms with Crippen molar-refractivity contribution in [3.63, 3.8) is 0 Å². The first-order chi connectivity index (χ1) is 8.10. The van der Waals surface area contributed by atoms with E-state index in [1.165, 1.54) is 5.56 Å². The maximum Gasteiger partial charge on any atom is 0.251 e. The number of halogens is 3. The first-order valence-corrected chi connectivity index (χ1v) is 6.66. The molecule has 0 aromatic heterocycles. The molecule has 0 amide bonds. The molecule has 1 saturated carbocycles. The van der Waals surface area contributed by atoms with Gasteiger partial charge in [0, 0.05) is 23.0 Å². The number of hydrogen-bond donors (Lipinski definition) is 0. The summed E-state index contributed by atoms with van der Waals surface area (Å²) in [7, 11) is 0. The minimum atomic E-state index is -2.21. The van der Waals surface area contributed by atoms with Gasteiger partial charge in [-0.3, -0.25) is 4.90 Å². The topological polar surface area (TPSA) is 3.24 Å². The summed E-state index contributed by atoms with van der Waals surface area (Å²) < 4.78 is 25.8. The van der Waals surface area contributed by atoms with Gasteiger partial charge < -0.3 is 0 Å². The van der Waals surface area contributed by atoms with Crippen LogP contribution in [0.25, 0.3) is 0 Å². The molecule has 4 heteroatoms. The minimum Gasteiger partial charge on any atom is -0.297 e. The lowest BCUT2D eigenvalue weighted by atomic mass is 9.95. The first kappa shape index (κ1) is 11.6. The van der Waals surface area contributed by atoms with E-state index in [0.29, 0.717) is 5.92 Å². The van der Waals surface area contributed by atoms with Crippen LogP contribution in [0.15, 0.2) is 28.7 Å². The Balaban J connectivity index is 1.75. The molecule has 92 valence electrons. The van der Waals surface area contributed by atoms with Crippen molar-refractivity contribution in [2.45, 2.75) is 18.3 Å². The standard InChI is InChI=1S/C13H14BrF2N/c14-11-3-1-9(2-4-11)13-5-10(13)6-17(8-13)7-12(15)16/h1-4,10,12H,5-8H2/t10-,13+/m1/s1. The Kier molecular flexibility index (Phi) is 2.75. The summed E-state index contributed by atoms with van der Waals surface area (Å²) in [5, 5.41) is 0. The van der Waals surface area contributed by atoms with E-state index in [1.807, 2.05) is 17.0 Å². The Hall–Kier alpha value is -0.480. The highest BCUT2D eigenvalue weighted by molar-refractivity contribution is 9.10. The van der Waals surface area contributed by atoms with Crippen molar-refractivity contribution < 1.29 is 8.78 Å². The van der Waals surface area contributed by atoms with Crippen LogP contribution in [-0.4, -0.2) is 31.0 Å². The number of alkyl halides is 2. The number of benzene rings is 1. The fourth-order valence-electron chi connectivity index (χ4n) is 3.15. The van der Waals surface area contributed by atoms with E-state index < -0.39 is 6.43 Å². The van der Waals surface area contributed by atoms with Gasteiger partial charge >= 0.3 is 0 Å². The molecule has 3 rings (SSSR count). The average Bonchev–Trinajstić information content (AvgIpc) is 2.82. The van der Waals surface area contributed by atoms with Crippen molar-refractivity contribution >= 4 is 15.9 Å². The van der Waals surface area contributed by atoms with E-state index in [4.69, 9.17) is 0 Å². The van der Waals surface area contributed by atoms with Gasteiger partial charge in [-0.2, -0.15) is 0 Å². The van der Waals surface area contributed by atoms with Crippen molar-refractivity contribution in [2.24, 2.45) is 5.92 Å². The number of piperidine rings is 1. The second kappa shape index (κ2) is 4.02. The molecule has 0 N–H and O–H groups in total. The van der Waals surface area contributed by atoms with Crippen LogP contribution in [0.5, 0.6) is 0 Å². The second-order valence-corrected chi connectivity index (χ2v) is 6.06. The lowest BCUT2D eigenvalue weighted by molar-refractivity contribution is 0.0934. The van der Waals surface area contributed by atoms with E-state index >= 15 is 0 Å². The third-order valence-corrected chi connectivity index (χ3v) is 4.56. The highest BCUT2D eigenvalue weighted by atomic mass is 79.9. The number of rotatable bonds is 3. The van der Waals surface area contributed by atoms with Crippen molar-refractivity contribution in [2.75, 3.05) is 19.6 Å². The quantitative estimate of drug-likeness (QED) is 0.828. The number of hydrogen-bond acceptors (Lipinski definition) is 1. The van der Waals surface area contributed by atoms with Crippen LogP contribution in [0.1, 0.15) is 12.0 Å². The van der Waals surface area contributed by atoms with Gasteiger partial charge in [-0.05, 0) is 30.0 Å². The molecule has 2 aliphatic rings. The van der Waals surface area contributed by atoms with Crippen LogP contribution in [0.2, 0.25) is 0 Å². The summed E-state index contributed by atoms with van der Waals surface area (Å²) in [5.74, 6) is 0.586. The Morgan fingerprint density at radius 3 is 2.71 bits per heavy atom. The zero-order chi connectivity index (χ0) is 12.0. The fraction of sp³-hybridized carbons (Fsp3) is 0.538. The molecule has 1 aliphatic heterocycles. The molecule has 0 spiro atoms. The van der Waals surface area contributed by atoms with Crippen molar-refractivity contribution in [1.82, 2.24) is 4.90 Å². The highest BCUT2D eigenvalue weighted by Gasteiger charge is 2.60. The Morgan fingerprint density at radius 2 is 2.06 bits per heavy atom. The van der Waals surface area contributed by atoms with Crippen molar-refractivity contribution in [3.05, 3.63) is 34.3 Å². The molecule has 0 radical (unpaired) electrons. The normalized spacial score (nSPS) is 31.9. The average molecular weight is 302 g/mol.